The fourth-order valence-electron chi connectivity index (χ4n) is 4.11. The highest BCUT2D eigenvalue weighted by molar-refractivity contribution is 7.92. The zero-order valence-corrected chi connectivity index (χ0v) is 17.5. The standard InChI is InChI=1S/C22H27N3O3S.H2/c1-2-29(27,28)23-20-10-8-18(9-11-20)21(26)24-14-16-25(17-15-24)22(12-13-22)19-6-4-3-5-7-19;/h3-11,23H,2,12-17H2,1H3;1H. The molecule has 2 fully saturated rings. The summed E-state index contributed by atoms with van der Waals surface area (Å²) in [4.78, 5) is 17.3. The summed E-state index contributed by atoms with van der Waals surface area (Å²) < 4.78 is 25.8. The average molecular weight is 416 g/mol. The first-order valence-electron chi connectivity index (χ1n) is 10.1. The maximum atomic E-state index is 12.9. The van der Waals surface area contributed by atoms with Crippen LogP contribution >= 0.6 is 0 Å². The molecule has 2 aromatic carbocycles. The van der Waals surface area contributed by atoms with Crippen LogP contribution in [0.15, 0.2) is 54.6 Å². The average Bonchev–Trinajstić information content (AvgIpc) is 3.56. The lowest BCUT2D eigenvalue weighted by molar-refractivity contribution is 0.0531. The van der Waals surface area contributed by atoms with Gasteiger partial charge in [-0.05, 0) is 49.6 Å². The summed E-state index contributed by atoms with van der Waals surface area (Å²) in [5, 5.41) is 0. The Kier molecular flexibility index (Phi) is 5.36. The van der Waals surface area contributed by atoms with Crippen molar-refractivity contribution < 1.29 is 14.6 Å². The number of piperazine rings is 1. The van der Waals surface area contributed by atoms with Gasteiger partial charge < -0.3 is 4.90 Å². The van der Waals surface area contributed by atoms with Crippen LogP contribution in [0.25, 0.3) is 0 Å². The van der Waals surface area contributed by atoms with Gasteiger partial charge in [-0.15, -0.1) is 0 Å². The van der Waals surface area contributed by atoms with Crippen LogP contribution in [0.1, 0.15) is 37.1 Å². The van der Waals surface area contributed by atoms with E-state index < -0.39 is 10.0 Å². The van der Waals surface area contributed by atoms with Crippen LogP contribution < -0.4 is 4.72 Å². The zero-order valence-electron chi connectivity index (χ0n) is 16.7. The number of rotatable bonds is 6. The second kappa shape index (κ2) is 7.80. The molecule has 156 valence electrons. The first-order chi connectivity index (χ1) is 13.9. The van der Waals surface area contributed by atoms with Gasteiger partial charge in [-0.25, -0.2) is 8.42 Å². The topological polar surface area (TPSA) is 69.7 Å². The van der Waals surface area contributed by atoms with Crippen molar-refractivity contribution in [1.82, 2.24) is 9.80 Å². The maximum absolute atomic E-state index is 12.9. The van der Waals surface area contributed by atoms with E-state index in [0.717, 1.165) is 13.1 Å². The van der Waals surface area contributed by atoms with Crippen molar-refractivity contribution in [3.8, 4) is 0 Å². The Morgan fingerprint density at radius 3 is 2.17 bits per heavy atom. The third-order valence-corrected chi connectivity index (χ3v) is 7.30. The molecule has 0 bridgehead atoms. The Morgan fingerprint density at radius 1 is 1.00 bits per heavy atom. The molecule has 0 unspecified atom stereocenters. The highest BCUT2D eigenvalue weighted by atomic mass is 32.2. The molecular weight excluding hydrogens is 386 g/mol. The third-order valence-electron chi connectivity index (χ3n) is 5.99. The first-order valence-corrected chi connectivity index (χ1v) is 11.8. The van der Waals surface area contributed by atoms with Gasteiger partial charge >= 0.3 is 0 Å². The molecular formula is C22H29N3O3S. The van der Waals surface area contributed by atoms with Gasteiger partial charge in [-0.3, -0.25) is 14.4 Å². The second-order valence-electron chi connectivity index (χ2n) is 7.76. The normalized spacial score (nSPS) is 19.0. The van der Waals surface area contributed by atoms with E-state index in [1.165, 1.54) is 18.4 Å². The van der Waals surface area contributed by atoms with E-state index in [1.54, 1.807) is 31.2 Å². The third kappa shape index (κ3) is 4.16. The van der Waals surface area contributed by atoms with Gasteiger partial charge in [-0.2, -0.15) is 0 Å². The molecule has 2 aromatic rings. The summed E-state index contributed by atoms with van der Waals surface area (Å²) in [6.45, 7) is 4.74. The summed E-state index contributed by atoms with van der Waals surface area (Å²) in [6.07, 6.45) is 2.36. The smallest absolute Gasteiger partial charge is 0.253 e. The minimum absolute atomic E-state index is 0. The number of hydrogen-bond donors (Lipinski definition) is 1. The largest absolute Gasteiger partial charge is 0.336 e. The highest BCUT2D eigenvalue weighted by Crippen LogP contribution is 2.51. The predicted octanol–water partition coefficient (Wildman–Crippen LogP) is 3.14. The number of amides is 1. The first kappa shape index (κ1) is 19.9. The van der Waals surface area contributed by atoms with Crippen molar-refractivity contribution in [2.75, 3.05) is 36.7 Å². The Morgan fingerprint density at radius 2 is 1.62 bits per heavy atom. The number of hydrogen-bond acceptors (Lipinski definition) is 4. The van der Waals surface area contributed by atoms with Crippen molar-refractivity contribution in [3.63, 3.8) is 0 Å². The molecule has 1 heterocycles. The molecule has 7 heteroatoms. The Bertz CT molecular complexity index is 968. The summed E-state index contributed by atoms with van der Waals surface area (Å²) >= 11 is 0. The van der Waals surface area contributed by atoms with Gasteiger partial charge in [-0.1, -0.05) is 30.3 Å². The molecule has 6 nitrogen and oxygen atoms in total. The van der Waals surface area contributed by atoms with Gasteiger partial charge in [0, 0.05) is 44.4 Å². The minimum Gasteiger partial charge on any atom is -0.336 e. The van der Waals surface area contributed by atoms with E-state index in [0.29, 0.717) is 24.3 Å². The Labute approximate surface area is 174 Å². The summed E-state index contributed by atoms with van der Waals surface area (Å²) in [6, 6.07) is 17.3. The molecule has 0 radical (unpaired) electrons. The van der Waals surface area contributed by atoms with Crippen LogP contribution in [0.5, 0.6) is 0 Å². The van der Waals surface area contributed by atoms with Crippen molar-refractivity contribution in [3.05, 3.63) is 65.7 Å². The highest BCUT2D eigenvalue weighted by Gasteiger charge is 2.49. The molecule has 1 saturated carbocycles. The number of anilines is 1. The fourth-order valence-corrected chi connectivity index (χ4v) is 4.75. The van der Waals surface area contributed by atoms with Crippen LogP contribution in [-0.4, -0.2) is 56.1 Å². The number of nitrogens with one attached hydrogen (secondary N) is 1. The maximum Gasteiger partial charge on any atom is 0.253 e. The molecule has 1 aliphatic heterocycles. The van der Waals surface area contributed by atoms with Gasteiger partial charge in [0.15, 0.2) is 0 Å². The lowest BCUT2D eigenvalue weighted by Crippen LogP contribution is -2.52. The summed E-state index contributed by atoms with van der Waals surface area (Å²) in [5.41, 5.74) is 2.60. The van der Waals surface area contributed by atoms with E-state index in [4.69, 9.17) is 0 Å². The van der Waals surface area contributed by atoms with Crippen molar-refractivity contribution in [1.29, 1.82) is 0 Å². The van der Waals surface area contributed by atoms with E-state index >= 15 is 0 Å². The lowest BCUT2D eigenvalue weighted by Gasteiger charge is -2.40. The monoisotopic (exact) mass is 415 g/mol. The van der Waals surface area contributed by atoms with Crippen LogP contribution in [-0.2, 0) is 15.6 Å². The van der Waals surface area contributed by atoms with Crippen molar-refractivity contribution >= 4 is 21.6 Å². The molecule has 4 rings (SSSR count). The molecule has 0 aromatic heterocycles. The number of benzene rings is 2. The summed E-state index contributed by atoms with van der Waals surface area (Å²) in [5.74, 6) is 0.0155. The molecule has 1 aliphatic carbocycles. The fraction of sp³-hybridized carbons (Fsp3) is 0.409. The van der Waals surface area contributed by atoms with Crippen molar-refractivity contribution in [2.24, 2.45) is 0 Å². The van der Waals surface area contributed by atoms with E-state index in [9.17, 15) is 13.2 Å². The molecule has 1 amide bonds. The number of carbonyl (C=O) groups is 1. The molecule has 2 aliphatic rings. The minimum atomic E-state index is -3.31. The van der Waals surface area contributed by atoms with Gasteiger partial charge in [0.1, 0.15) is 0 Å². The van der Waals surface area contributed by atoms with Crippen LogP contribution in [0.3, 0.4) is 0 Å². The Balaban J connectivity index is 0.00000256. The quantitative estimate of drug-likeness (QED) is 0.787. The van der Waals surface area contributed by atoms with Crippen LogP contribution in [0, 0.1) is 0 Å². The number of sulfonamides is 1. The number of carbonyl (C=O) groups excluding carboxylic acids is 1. The molecule has 0 atom stereocenters. The molecule has 0 spiro atoms. The van der Waals surface area contributed by atoms with Gasteiger partial charge in [0.25, 0.3) is 5.91 Å². The van der Waals surface area contributed by atoms with E-state index in [1.807, 2.05) is 4.90 Å². The molecule has 1 saturated heterocycles. The van der Waals surface area contributed by atoms with E-state index in [2.05, 4.69) is 40.0 Å². The Hall–Kier alpha value is -2.38. The molecule has 1 N–H and O–H groups in total. The van der Waals surface area contributed by atoms with Gasteiger partial charge in [0.05, 0.1) is 5.75 Å². The van der Waals surface area contributed by atoms with E-state index in [-0.39, 0.29) is 18.6 Å². The second-order valence-corrected chi connectivity index (χ2v) is 9.77. The summed E-state index contributed by atoms with van der Waals surface area (Å²) in [7, 11) is -3.31. The number of nitrogens with zero attached hydrogens (tertiary/aromatic N) is 2. The van der Waals surface area contributed by atoms with Crippen molar-refractivity contribution in [2.45, 2.75) is 25.3 Å². The SMILES string of the molecule is CCS(=O)(=O)Nc1ccc(C(=O)N2CCN(C3(c4ccccc4)CC3)CC2)cc1.[HH]. The lowest BCUT2D eigenvalue weighted by atomic mass is 10.0. The van der Waals surface area contributed by atoms with Gasteiger partial charge in [0.2, 0.25) is 10.0 Å². The predicted molar refractivity (Wildman–Crippen MR) is 116 cm³/mol. The van der Waals surface area contributed by atoms with Crippen LogP contribution in [0.2, 0.25) is 0 Å². The zero-order chi connectivity index (χ0) is 20.5. The van der Waals surface area contributed by atoms with Crippen LogP contribution in [0.4, 0.5) is 5.69 Å². The molecule has 29 heavy (non-hydrogen) atoms.